The van der Waals surface area contributed by atoms with Crippen LogP contribution in [0.2, 0.25) is 0 Å². The number of methoxy groups -OCH3 is 1. The van der Waals surface area contributed by atoms with Crippen LogP contribution in [0.15, 0.2) is 47.5 Å². The lowest BCUT2D eigenvalue weighted by Crippen LogP contribution is -2.31. The molecule has 0 amide bonds. The Morgan fingerprint density at radius 3 is 2.80 bits per heavy atom. The normalized spacial score (nSPS) is 17.2. The highest BCUT2D eigenvalue weighted by Crippen LogP contribution is 2.38. The average molecular weight is 445 g/mol. The number of aromatic nitrogens is 2. The fourth-order valence-electron chi connectivity index (χ4n) is 3.66. The average Bonchev–Trinajstić information content (AvgIpc) is 3.38. The van der Waals surface area contributed by atoms with Crippen LogP contribution in [0.1, 0.15) is 35.0 Å². The third kappa shape index (κ3) is 4.05. The van der Waals surface area contributed by atoms with E-state index in [2.05, 4.69) is 10.3 Å². The number of sulfonamides is 1. The van der Waals surface area contributed by atoms with E-state index >= 15 is 0 Å². The third-order valence-corrected chi connectivity index (χ3v) is 7.84. The van der Waals surface area contributed by atoms with Gasteiger partial charge < -0.3 is 10.1 Å². The van der Waals surface area contributed by atoms with Gasteiger partial charge in [-0.3, -0.25) is 0 Å². The molecule has 4 rings (SSSR count). The highest BCUT2D eigenvalue weighted by Gasteiger charge is 2.38. The molecule has 7 nitrogen and oxygen atoms in total. The van der Waals surface area contributed by atoms with Gasteiger partial charge in [0.15, 0.2) is 5.13 Å². The van der Waals surface area contributed by atoms with Crippen molar-refractivity contribution in [3.8, 4) is 5.75 Å². The van der Waals surface area contributed by atoms with Gasteiger partial charge in [0.25, 0.3) is 0 Å². The first-order chi connectivity index (χ1) is 14.4. The molecule has 9 heteroatoms. The van der Waals surface area contributed by atoms with E-state index in [1.54, 1.807) is 34.0 Å². The van der Waals surface area contributed by atoms with Crippen LogP contribution in [-0.4, -0.2) is 36.3 Å². The molecule has 0 bridgehead atoms. The van der Waals surface area contributed by atoms with E-state index in [9.17, 15) is 8.42 Å². The van der Waals surface area contributed by atoms with Crippen molar-refractivity contribution in [2.45, 2.75) is 37.6 Å². The van der Waals surface area contributed by atoms with Gasteiger partial charge in [0.05, 0.1) is 18.8 Å². The molecule has 2 aromatic heterocycles. The zero-order chi connectivity index (χ0) is 21.3. The zero-order valence-corrected chi connectivity index (χ0v) is 18.8. The van der Waals surface area contributed by atoms with E-state index in [1.165, 1.54) is 7.11 Å². The number of rotatable bonds is 6. The van der Waals surface area contributed by atoms with Crippen LogP contribution in [-0.2, 0) is 10.0 Å². The van der Waals surface area contributed by atoms with Crippen molar-refractivity contribution in [2.24, 2.45) is 0 Å². The second-order valence-electron chi connectivity index (χ2n) is 7.28. The van der Waals surface area contributed by atoms with Crippen LogP contribution in [0, 0.1) is 13.8 Å². The van der Waals surface area contributed by atoms with Crippen LogP contribution in [0.3, 0.4) is 0 Å². The first-order valence-electron chi connectivity index (χ1n) is 9.71. The second kappa shape index (κ2) is 8.33. The topological polar surface area (TPSA) is 84.4 Å². The molecule has 158 valence electrons. The fraction of sp³-hybridized carbons (Fsp3) is 0.333. The van der Waals surface area contributed by atoms with Gasteiger partial charge in [-0.1, -0.05) is 12.1 Å². The second-order valence-corrected chi connectivity index (χ2v) is 10.4. The molecule has 0 saturated carbocycles. The van der Waals surface area contributed by atoms with Crippen LogP contribution in [0.5, 0.6) is 5.75 Å². The van der Waals surface area contributed by atoms with E-state index < -0.39 is 10.0 Å². The van der Waals surface area contributed by atoms with E-state index in [0.717, 1.165) is 34.1 Å². The SMILES string of the molecule is COc1ccc(C)cc1S(=O)(=O)N1CCC[C@@H]1c1cccc(Nc2ncc(C)s2)n1. The predicted molar refractivity (Wildman–Crippen MR) is 118 cm³/mol. The lowest BCUT2D eigenvalue weighted by molar-refractivity contribution is 0.377. The summed E-state index contributed by atoms with van der Waals surface area (Å²) in [7, 11) is -2.24. The van der Waals surface area contributed by atoms with E-state index in [4.69, 9.17) is 9.72 Å². The van der Waals surface area contributed by atoms with Crippen molar-refractivity contribution in [3.63, 3.8) is 0 Å². The summed E-state index contributed by atoms with van der Waals surface area (Å²) in [5.41, 5.74) is 1.59. The van der Waals surface area contributed by atoms with Gasteiger partial charge in [0, 0.05) is 17.6 Å². The maximum absolute atomic E-state index is 13.5. The summed E-state index contributed by atoms with van der Waals surface area (Å²) in [5, 5.41) is 3.97. The first-order valence-corrected chi connectivity index (χ1v) is 12.0. The molecule has 1 aromatic carbocycles. The maximum Gasteiger partial charge on any atom is 0.247 e. The monoisotopic (exact) mass is 444 g/mol. The van der Waals surface area contributed by atoms with Crippen molar-refractivity contribution in [1.29, 1.82) is 0 Å². The summed E-state index contributed by atoms with van der Waals surface area (Å²) in [6, 6.07) is 10.5. The number of nitrogens with zero attached hydrogens (tertiary/aromatic N) is 3. The Kier molecular flexibility index (Phi) is 5.77. The molecular formula is C21H24N4O3S2. The fourth-order valence-corrected chi connectivity index (χ4v) is 6.25. The highest BCUT2D eigenvalue weighted by atomic mass is 32.2. The van der Waals surface area contributed by atoms with Gasteiger partial charge >= 0.3 is 0 Å². The smallest absolute Gasteiger partial charge is 0.247 e. The highest BCUT2D eigenvalue weighted by molar-refractivity contribution is 7.89. The number of thiazole rings is 1. The number of pyridine rings is 1. The Hall–Kier alpha value is -2.49. The van der Waals surface area contributed by atoms with E-state index in [-0.39, 0.29) is 10.9 Å². The quantitative estimate of drug-likeness (QED) is 0.605. The number of ether oxygens (including phenoxy) is 1. The Morgan fingerprint density at radius 1 is 1.23 bits per heavy atom. The summed E-state index contributed by atoms with van der Waals surface area (Å²) in [4.78, 5) is 10.3. The molecule has 0 unspecified atom stereocenters. The van der Waals surface area contributed by atoms with Crippen molar-refractivity contribution in [1.82, 2.24) is 14.3 Å². The molecule has 1 saturated heterocycles. The number of hydrogen-bond acceptors (Lipinski definition) is 7. The van der Waals surface area contributed by atoms with Crippen LogP contribution in [0.4, 0.5) is 10.9 Å². The lowest BCUT2D eigenvalue weighted by atomic mass is 10.1. The Morgan fingerprint density at radius 2 is 2.07 bits per heavy atom. The molecule has 1 fully saturated rings. The van der Waals surface area contributed by atoms with E-state index in [1.807, 2.05) is 38.1 Å². The summed E-state index contributed by atoms with van der Waals surface area (Å²) in [5.74, 6) is 1.01. The molecule has 1 aliphatic rings. The molecule has 30 heavy (non-hydrogen) atoms. The molecule has 1 atom stereocenters. The predicted octanol–water partition coefficient (Wildman–Crippen LogP) is 4.43. The molecule has 3 heterocycles. The van der Waals surface area contributed by atoms with Gasteiger partial charge in [-0.2, -0.15) is 4.31 Å². The number of aryl methyl sites for hydroxylation is 2. The van der Waals surface area contributed by atoms with Gasteiger partial charge in [-0.05, 0) is 56.5 Å². The van der Waals surface area contributed by atoms with E-state index in [0.29, 0.717) is 18.1 Å². The number of benzene rings is 1. The maximum atomic E-state index is 13.5. The zero-order valence-electron chi connectivity index (χ0n) is 17.1. The Labute approximate surface area is 180 Å². The molecule has 3 aromatic rings. The van der Waals surface area contributed by atoms with Gasteiger partial charge in [-0.15, -0.1) is 11.3 Å². The summed E-state index contributed by atoms with van der Waals surface area (Å²) in [6.07, 6.45) is 3.31. The van der Waals surface area contributed by atoms with Crippen molar-refractivity contribution >= 4 is 32.3 Å². The minimum absolute atomic E-state index is 0.199. The number of anilines is 2. The molecular weight excluding hydrogens is 420 g/mol. The molecule has 1 aliphatic heterocycles. The van der Waals surface area contributed by atoms with Crippen LogP contribution in [0.25, 0.3) is 0 Å². The van der Waals surface area contributed by atoms with Crippen LogP contribution >= 0.6 is 11.3 Å². The largest absolute Gasteiger partial charge is 0.495 e. The van der Waals surface area contributed by atoms with Crippen LogP contribution < -0.4 is 10.1 Å². The van der Waals surface area contributed by atoms with Gasteiger partial charge in [-0.25, -0.2) is 18.4 Å². The number of hydrogen-bond donors (Lipinski definition) is 1. The van der Waals surface area contributed by atoms with Gasteiger partial charge in [0.1, 0.15) is 16.5 Å². The molecule has 0 aliphatic carbocycles. The molecule has 0 radical (unpaired) electrons. The third-order valence-electron chi connectivity index (χ3n) is 5.08. The Bertz CT molecular complexity index is 1160. The van der Waals surface area contributed by atoms with Crippen molar-refractivity contribution in [2.75, 3.05) is 19.0 Å². The standard InChI is InChI=1S/C21H24N4O3S2/c1-14-9-10-18(28-3)19(12-14)30(26,27)25-11-5-7-17(25)16-6-4-8-20(23-16)24-21-22-13-15(2)29-21/h4,6,8-10,12-13,17H,5,7,11H2,1-3H3,(H,22,23,24)/t17-/m1/s1. The minimum Gasteiger partial charge on any atom is -0.495 e. The summed E-state index contributed by atoms with van der Waals surface area (Å²) in [6.45, 7) is 4.32. The lowest BCUT2D eigenvalue weighted by Gasteiger charge is -2.25. The summed E-state index contributed by atoms with van der Waals surface area (Å²) < 4.78 is 33.9. The minimum atomic E-state index is -3.73. The van der Waals surface area contributed by atoms with Gasteiger partial charge in [0.2, 0.25) is 10.0 Å². The molecule has 1 N–H and O–H groups in total. The first kappa shape index (κ1) is 20.8. The summed E-state index contributed by atoms with van der Waals surface area (Å²) >= 11 is 1.55. The number of nitrogens with one attached hydrogen (secondary N) is 1. The molecule has 0 spiro atoms. The Balaban J connectivity index is 1.65. The van der Waals surface area contributed by atoms with Crippen molar-refractivity contribution in [3.05, 3.63) is 58.7 Å². The van der Waals surface area contributed by atoms with Crippen molar-refractivity contribution < 1.29 is 13.2 Å².